The van der Waals surface area contributed by atoms with Crippen molar-refractivity contribution in [2.45, 2.75) is 6.54 Å². The van der Waals surface area contributed by atoms with Crippen molar-refractivity contribution in [1.29, 1.82) is 5.26 Å². The molecule has 6 heteroatoms. The highest BCUT2D eigenvalue weighted by molar-refractivity contribution is 6.30. The highest BCUT2D eigenvalue weighted by atomic mass is 35.5. The summed E-state index contributed by atoms with van der Waals surface area (Å²) in [6, 6.07) is 9.23. The van der Waals surface area contributed by atoms with E-state index in [0.717, 1.165) is 5.56 Å². The Morgan fingerprint density at radius 2 is 2.14 bits per heavy atom. The van der Waals surface area contributed by atoms with Gasteiger partial charge in [-0.05, 0) is 17.7 Å². The first-order valence-corrected chi connectivity index (χ1v) is 6.89. The van der Waals surface area contributed by atoms with Crippen molar-refractivity contribution in [3.05, 3.63) is 71.5 Å². The topological polar surface area (TPSA) is 63.7 Å². The molecule has 3 rings (SSSR count). The van der Waals surface area contributed by atoms with Crippen molar-refractivity contribution >= 4 is 11.6 Å². The van der Waals surface area contributed by atoms with Gasteiger partial charge in [0, 0.05) is 31.2 Å². The Morgan fingerprint density at radius 3 is 2.86 bits per heavy atom. The normalized spacial score (nSPS) is 10.2. The molecular weight excluding hydrogens is 300 g/mol. The van der Waals surface area contributed by atoms with Crippen LogP contribution in [-0.2, 0) is 6.54 Å². The molecule has 0 saturated carbocycles. The monoisotopic (exact) mass is 310 g/mol. The Labute approximate surface area is 132 Å². The number of benzene rings is 1. The van der Waals surface area contributed by atoms with Gasteiger partial charge in [-0.1, -0.05) is 17.7 Å². The average Bonchev–Trinajstić information content (AvgIpc) is 3.01. The summed E-state index contributed by atoms with van der Waals surface area (Å²) < 4.78 is 7.68. The second-order valence-electron chi connectivity index (χ2n) is 4.62. The molecule has 0 bridgehead atoms. The van der Waals surface area contributed by atoms with Gasteiger partial charge in [0.2, 0.25) is 0 Å². The predicted octanol–water partition coefficient (Wildman–Crippen LogP) is 3.64. The molecule has 3 aromatic rings. The van der Waals surface area contributed by atoms with Crippen LogP contribution >= 0.6 is 11.6 Å². The Bertz CT molecular complexity index is 824. The van der Waals surface area contributed by atoms with E-state index in [4.69, 9.17) is 16.3 Å². The molecule has 108 valence electrons. The summed E-state index contributed by atoms with van der Waals surface area (Å²) in [5.74, 6) is 0.966. The van der Waals surface area contributed by atoms with Crippen LogP contribution in [0.1, 0.15) is 11.1 Å². The van der Waals surface area contributed by atoms with Crippen molar-refractivity contribution in [1.82, 2.24) is 14.5 Å². The van der Waals surface area contributed by atoms with Crippen molar-refractivity contribution in [3.8, 4) is 17.6 Å². The first-order chi connectivity index (χ1) is 10.7. The maximum absolute atomic E-state index is 9.21. The van der Waals surface area contributed by atoms with Crippen LogP contribution in [0.3, 0.4) is 0 Å². The number of ether oxygens (including phenoxy) is 1. The molecule has 22 heavy (non-hydrogen) atoms. The highest BCUT2D eigenvalue weighted by Crippen LogP contribution is 2.27. The molecule has 0 saturated heterocycles. The SMILES string of the molecule is N#Cc1ccc(Cn2ccnc2)cc1Oc1cncc(Cl)c1. The van der Waals surface area contributed by atoms with Gasteiger partial charge in [0.1, 0.15) is 17.6 Å². The molecule has 0 N–H and O–H groups in total. The molecule has 0 amide bonds. The van der Waals surface area contributed by atoms with Crippen molar-refractivity contribution in [2.24, 2.45) is 0 Å². The standard InChI is InChI=1S/C16H11ClN4O/c17-14-6-15(9-20-8-14)22-16-5-12(1-2-13(16)7-18)10-21-4-3-19-11-21/h1-6,8-9,11H,10H2. The van der Waals surface area contributed by atoms with E-state index in [9.17, 15) is 5.26 Å². The average molecular weight is 311 g/mol. The van der Waals surface area contributed by atoms with Crippen molar-refractivity contribution in [2.75, 3.05) is 0 Å². The molecule has 0 unspecified atom stereocenters. The number of pyridine rings is 1. The van der Waals surface area contributed by atoms with Crippen molar-refractivity contribution in [3.63, 3.8) is 0 Å². The molecule has 0 aliphatic rings. The zero-order valence-corrected chi connectivity index (χ0v) is 12.2. The van der Waals surface area contributed by atoms with Gasteiger partial charge in [-0.2, -0.15) is 5.26 Å². The zero-order chi connectivity index (χ0) is 15.4. The number of halogens is 1. The lowest BCUT2D eigenvalue weighted by molar-refractivity contribution is 0.478. The Balaban J connectivity index is 1.89. The molecule has 2 aromatic heterocycles. The summed E-state index contributed by atoms with van der Waals surface area (Å²) in [4.78, 5) is 7.98. The van der Waals surface area contributed by atoms with Gasteiger partial charge in [0.25, 0.3) is 0 Å². The van der Waals surface area contributed by atoms with Crippen LogP contribution in [0.4, 0.5) is 0 Å². The van der Waals surface area contributed by atoms with Crippen molar-refractivity contribution < 1.29 is 4.74 Å². The quantitative estimate of drug-likeness (QED) is 0.738. The van der Waals surface area contributed by atoms with Gasteiger partial charge in [-0.25, -0.2) is 4.98 Å². The number of imidazole rings is 1. The smallest absolute Gasteiger partial charge is 0.147 e. The van der Waals surface area contributed by atoms with Crippen LogP contribution in [0.25, 0.3) is 0 Å². The van der Waals surface area contributed by atoms with E-state index in [0.29, 0.717) is 28.6 Å². The maximum Gasteiger partial charge on any atom is 0.147 e. The van der Waals surface area contributed by atoms with E-state index >= 15 is 0 Å². The summed E-state index contributed by atoms with van der Waals surface area (Å²) in [5.41, 5.74) is 1.45. The molecule has 0 aliphatic heterocycles. The predicted molar refractivity (Wildman–Crippen MR) is 81.8 cm³/mol. The van der Waals surface area contributed by atoms with Crippen LogP contribution in [0, 0.1) is 11.3 Å². The summed E-state index contributed by atoms with van der Waals surface area (Å²) in [7, 11) is 0. The molecule has 0 radical (unpaired) electrons. The second-order valence-corrected chi connectivity index (χ2v) is 5.05. The fraction of sp³-hybridized carbons (Fsp3) is 0.0625. The third-order valence-corrected chi connectivity index (χ3v) is 3.21. The summed E-state index contributed by atoms with van der Waals surface area (Å²) >= 11 is 5.89. The molecule has 2 heterocycles. The number of hydrogen-bond acceptors (Lipinski definition) is 4. The molecule has 0 fully saturated rings. The number of rotatable bonds is 4. The lowest BCUT2D eigenvalue weighted by Crippen LogP contribution is -1.98. The van der Waals surface area contributed by atoms with E-state index in [1.165, 1.54) is 6.20 Å². The Morgan fingerprint density at radius 1 is 1.23 bits per heavy atom. The van der Waals surface area contributed by atoms with Gasteiger partial charge < -0.3 is 9.30 Å². The maximum atomic E-state index is 9.21. The molecule has 0 aliphatic carbocycles. The second kappa shape index (κ2) is 6.29. The van der Waals surface area contributed by atoms with Gasteiger partial charge in [-0.15, -0.1) is 0 Å². The summed E-state index contributed by atoms with van der Waals surface area (Å²) in [6.45, 7) is 0.649. The molecule has 5 nitrogen and oxygen atoms in total. The fourth-order valence-corrected chi connectivity index (χ4v) is 2.17. The van der Waals surface area contributed by atoms with Crippen LogP contribution < -0.4 is 4.74 Å². The highest BCUT2D eigenvalue weighted by Gasteiger charge is 2.07. The number of nitrogens with zero attached hydrogens (tertiary/aromatic N) is 4. The van der Waals surface area contributed by atoms with Gasteiger partial charge >= 0.3 is 0 Å². The minimum atomic E-state index is 0.453. The van der Waals surface area contributed by atoms with E-state index in [1.54, 1.807) is 30.9 Å². The third kappa shape index (κ3) is 3.25. The minimum absolute atomic E-state index is 0.453. The van der Waals surface area contributed by atoms with Gasteiger partial charge in [0.15, 0.2) is 0 Å². The molecule has 0 atom stereocenters. The first-order valence-electron chi connectivity index (χ1n) is 6.52. The van der Waals surface area contributed by atoms with E-state index in [1.807, 2.05) is 22.9 Å². The number of hydrogen-bond donors (Lipinski definition) is 0. The first kappa shape index (κ1) is 14.1. The lowest BCUT2D eigenvalue weighted by Gasteiger charge is -2.10. The van der Waals surface area contributed by atoms with Gasteiger partial charge in [-0.3, -0.25) is 4.98 Å². The molecule has 1 aromatic carbocycles. The third-order valence-electron chi connectivity index (χ3n) is 3.00. The van der Waals surface area contributed by atoms with E-state index in [2.05, 4.69) is 16.0 Å². The Kier molecular flexibility index (Phi) is 4.03. The number of aromatic nitrogens is 3. The lowest BCUT2D eigenvalue weighted by atomic mass is 10.1. The zero-order valence-electron chi connectivity index (χ0n) is 11.5. The van der Waals surface area contributed by atoms with Crippen LogP contribution in [0.5, 0.6) is 11.5 Å². The van der Waals surface area contributed by atoms with E-state index < -0.39 is 0 Å². The molecule has 0 spiro atoms. The largest absolute Gasteiger partial charge is 0.454 e. The van der Waals surface area contributed by atoms with E-state index in [-0.39, 0.29) is 0 Å². The summed E-state index contributed by atoms with van der Waals surface area (Å²) in [6.07, 6.45) is 8.41. The fourth-order valence-electron chi connectivity index (χ4n) is 2.01. The van der Waals surface area contributed by atoms with Crippen LogP contribution in [-0.4, -0.2) is 14.5 Å². The van der Waals surface area contributed by atoms with Crippen LogP contribution in [0.15, 0.2) is 55.4 Å². The number of nitriles is 1. The molecular formula is C16H11ClN4O. The van der Waals surface area contributed by atoms with Crippen LogP contribution in [0.2, 0.25) is 5.02 Å². The Hall–Kier alpha value is -2.84. The minimum Gasteiger partial charge on any atom is -0.454 e. The van der Waals surface area contributed by atoms with Gasteiger partial charge in [0.05, 0.1) is 23.1 Å². The summed E-state index contributed by atoms with van der Waals surface area (Å²) in [5, 5.41) is 9.69.